The van der Waals surface area contributed by atoms with Crippen LogP contribution in [0.2, 0.25) is 0 Å². The summed E-state index contributed by atoms with van der Waals surface area (Å²) in [6.45, 7) is -0.606. The Morgan fingerprint density at radius 1 is 1.31 bits per heavy atom. The number of aliphatic hydroxyl groups excluding tert-OH is 2. The van der Waals surface area contributed by atoms with Gasteiger partial charge in [-0.05, 0) is 19.3 Å². The highest BCUT2D eigenvalue weighted by molar-refractivity contribution is 5.84. The van der Waals surface area contributed by atoms with Crippen molar-refractivity contribution in [1.82, 2.24) is 19.5 Å². The number of fused-ring (bicyclic) bond motifs is 1. The van der Waals surface area contributed by atoms with Gasteiger partial charge in [0.15, 0.2) is 17.0 Å². The Hall–Kier alpha value is -2.72. The lowest BCUT2D eigenvalue weighted by Crippen LogP contribution is -2.10. The summed E-state index contributed by atoms with van der Waals surface area (Å²) in [4.78, 5) is 22.2. The summed E-state index contributed by atoms with van der Waals surface area (Å²) in [6, 6.07) is 0.646. The van der Waals surface area contributed by atoms with Crippen LogP contribution in [-0.2, 0) is 4.79 Å². The standard InChI is InChI=1S/C14H18N6O.C2H4O3/c15-14-18-12(17-9-2-3-9)11-13(19-14)20(7-16-11)10-4-1-8(5-10)6-21;3-1-2(4)5/h1,4,7-10,21H,2-3,5-6H2,(H3,15,17,18,19);3H,1H2,(H,4,5)/t8-,10+;/m1./s1. The number of anilines is 2. The van der Waals surface area contributed by atoms with Crippen molar-refractivity contribution in [2.45, 2.75) is 31.3 Å². The number of aromatic nitrogens is 4. The molecule has 1 saturated carbocycles. The minimum absolute atomic E-state index is 0.162. The third-order valence-corrected chi connectivity index (χ3v) is 4.23. The number of aliphatic hydroxyl groups is 2. The predicted octanol–water partition coefficient (Wildman–Crippen LogP) is 0.156. The summed E-state index contributed by atoms with van der Waals surface area (Å²) in [6.07, 6.45) is 9.10. The molecule has 10 heteroatoms. The Kier molecular flexibility index (Phi) is 5.33. The Morgan fingerprint density at radius 2 is 2.04 bits per heavy atom. The van der Waals surface area contributed by atoms with Gasteiger partial charge in [-0.1, -0.05) is 12.2 Å². The number of carboxylic acid groups (broad SMARTS) is 1. The molecule has 2 aliphatic rings. The van der Waals surface area contributed by atoms with Crippen LogP contribution in [-0.4, -0.2) is 60.1 Å². The second-order valence-corrected chi connectivity index (χ2v) is 6.36. The number of imidazole rings is 1. The minimum Gasteiger partial charge on any atom is -0.480 e. The number of allylic oxidation sites excluding steroid dienone is 1. The molecule has 2 aliphatic carbocycles. The van der Waals surface area contributed by atoms with Crippen LogP contribution in [0.1, 0.15) is 25.3 Å². The lowest BCUT2D eigenvalue weighted by atomic mass is 10.1. The molecule has 0 aliphatic heterocycles. The first-order valence-corrected chi connectivity index (χ1v) is 8.40. The molecular weight excluding hydrogens is 340 g/mol. The molecule has 0 amide bonds. The Morgan fingerprint density at radius 3 is 2.62 bits per heavy atom. The predicted molar refractivity (Wildman–Crippen MR) is 94.5 cm³/mol. The van der Waals surface area contributed by atoms with Gasteiger partial charge in [0, 0.05) is 18.6 Å². The zero-order valence-electron chi connectivity index (χ0n) is 14.1. The number of hydrogen-bond acceptors (Lipinski definition) is 8. The molecule has 10 nitrogen and oxygen atoms in total. The van der Waals surface area contributed by atoms with Gasteiger partial charge in [0.25, 0.3) is 0 Å². The molecule has 0 radical (unpaired) electrons. The summed E-state index contributed by atoms with van der Waals surface area (Å²) >= 11 is 0. The van der Waals surface area contributed by atoms with Crippen molar-refractivity contribution in [2.24, 2.45) is 5.92 Å². The average molecular weight is 362 g/mol. The van der Waals surface area contributed by atoms with Crippen LogP contribution >= 0.6 is 0 Å². The van der Waals surface area contributed by atoms with Crippen molar-refractivity contribution in [3.63, 3.8) is 0 Å². The highest BCUT2D eigenvalue weighted by Crippen LogP contribution is 2.32. The quantitative estimate of drug-likeness (QED) is 0.467. The number of rotatable bonds is 5. The molecule has 26 heavy (non-hydrogen) atoms. The fourth-order valence-corrected chi connectivity index (χ4v) is 2.79. The summed E-state index contributed by atoms with van der Waals surface area (Å²) in [7, 11) is 0. The average Bonchev–Trinajstić information content (AvgIpc) is 3.14. The number of nitrogens with one attached hydrogen (secondary N) is 1. The Labute approximate surface area is 149 Å². The van der Waals surface area contributed by atoms with Gasteiger partial charge >= 0.3 is 5.97 Å². The lowest BCUT2D eigenvalue weighted by molar-refractivity contribution is -0.140. The molecule has 6 N–H and O–H groups in total. The van der Waals surface area contributed by atoms with E-state index in [9.17, 15) is 5.11 Å². The van der Waals surface area contributed by atoms with E-state index in [1.807, 2.05) is 10.6 Å². The fourth-order valence-electron chi connectivity index (χ4n) is 2.79. The first-order valence-electron chi connectivity index (χ1n) is 8.40. The first-order chi connectivity index (χ1) is 12.5. The summed E-state index contributed by atoms with van der Waals surface area (Å²) < 4.78 is 2.01. The maximum absolute atomic E-state index is 9.26. The van der Waals surface area contributed by atoms with Crippen LogP contribution in [0.5, 0.6) is 0 Å². The molecule has 0 saturated heterocycles. The van der Waals surface area contributed by atoms with Crippen molar-refractivity contribution in [3.8, 4) is 0 Å². The van der Waals surface area contributed by atoms with E-state index >= 15 is 0 Å². The maximum atomic E-state index is 9.26. The number of aliphatic carboxylic acids is 1. The Balaban J connectivity index is 0.000000349. The second kappa shape index (κ2) is 7.67. The Bertz CT molecular complexity index is 816. The summed E-state index contributed by atoms with van der Waals surface area (Å²) in [5.41, 5.74) is 7.35. The topological polar surface area (TPSA) is 159 Å². The van der Waals surface area contributed by atoms with E-state index in [0.717, 1.165) is 36.2 Å². The van der Waals surface area contributed by atoms with Gasteiger partial charge < -0.3 is 30.9 Å². The van der Waals surface area contributed by atoms with Crippen molar-refractivity contribution in [1.29, 1.82) is 0 Å². The van der Waals surface area contributed by atoms with E-state index < -0.39 is 12.6 Å². The van der Waals surface area contributed by atoms with Crippen LogP contribution in [0.3, 0.4) is 0 Å². The van der Waals surface area contributed by atoms with E-state index in [4.69, 9.17) is 20.7 Å². The van der Waals surface area contributed by atoms with Crippen LogP contribution in [0.4, 0.5) is 11.8 Å². The van der Waals surface area contributed by atoms with Crippen LogP contribution in [0.25, 0.3) is 11.2 Å². The van der Waals surface area contributed by atoms with Crippen LogP contribution < -0.4 is 11.1 Å². The van der Waals surface area contributed by atoms with Crippen molar-refractivity contribution >= 4 is 28.9 Å². The SMILES string of the molecule is Nc1nc(NC2CC2)c2ncn([C@H]3C=C[C@@H](CO)C3)c2n1.O=C(O)CO. The van der Waals surface area contributed by atoms with E-state index in [-0.39, 0.29) is 24.5 Å². The first kappa shape index (κ1) is 18.1. The molecule has 2 aromatic rings. The molecule has 0 unspecified atom stereocenters. The zero-order chi connectivity index (χ0) is 18.7. The number of carbonyl (C=O) groups is 1. The smallest absolute Gasteiger partial charge is 0.329 e. The maximum Gasteiger partial charge on any atom is 0.329 e. The van der Waals surface area contributed by atoms with Crippen molar-refractivity contribution < 1.29 is 20.1 Å². The van der Waals surface area contributed by atoms with Gasteiger partial charge in [-0.15, -0.1) is 0 Å². The van der Waals surface area contributed by atoms with E-state index in [2.05, 4.69) is 26.3 Å². The van der Waals surface area contributed by atoms with Crippen LogP contribution in [0.15, 0.2) is 18.5 Å². The second-order valence-electron chi connectivity index (χ2n) is 6.36. The van der Waals surface area contributed by atoms with E-state index in [0.29, 0.717) is 6.04 Å². The lowest BCUT2D eigenvalue weighted by Gasteiger charge is -2.13. The van der Waals surface area contributed by atoms with Gasteiger partial charge in [0.05, 0.1) is 12.4 Å². The van der Waals surface area contributed by atoms with E-state index in [1.165, 1.54) is 0 Å². The number of hydrogen-bond donors (Lipinski definition) is 5. The molecule has 140 valence electrons. The van der Waals surface area contributed by atoms with Gasteiger partial charge in [-0.2, -0.15) is 9.97 Å². The normalized spacial score (nSPS) is 21.5. The van der Waals surface area contributed by atoms with E-state index in [1.54, 1.807) is 6.33 Å². The molecule has 4 rings (SSSR count). The highest BCUT2D eigenvalue weighted by atomic mass is 16.4. The summed E-state index contributed by atoms with van der Waals surface area (Å²) in [5.74, 6) is -0.00628. The zero-order valence-corrected chi connectivity index (χ0v) is 14.1. The number of nitrogen functional groups attached to an aromatic ring is 1. The van der Waals surface area contributed by atoms with Gasteiger partial charge in [0.1, 0.15) is 6.61 Å². The molecule has 2 heterocycles. The molecule has 0 aromatic carbocycles. The van der Waals surface area contributed by atoms with Crippen molar-refractivity contribution in [2.75, 3.05) is 24.3 Å². The molecule has 0 bridgehead atoms. The van der Waals surface area contributed by atoms with Crippen molar-refractivity contribution in [3.05, 3.63) is 18.5 Å². The fraction of sp³-hybridized carbons (Fsp3) is 0.500. The van der Waals surface area contributed by atoms with Gasteiger partial charge in [-0.25, -0.2) is 9.78 Å². The highest BCUT2D eigenvalue weighted by Gasteiger charge is 2.26. The molecular formula is C16H22N6O4. The van der Waals surface area contributed by atoms with Crippen LogP contribution in [0, 0.1) is 5.92 Å². The number of nitrogens with zero attached hydrogens (tertiary/aromatic N) is 4. The van der Waals surface area contributed by atoms with Gasteiger partial charge in [0.2, 0.25) is 5.95 Å². The molecule has 2 aromatic heterocycles. The monoisotopic (exact) mass is 362 g/mol. The molecule has 2 atom stereocenters. The number of nitrogens with two attached hydrogens (primary N) is 1. The third-order valence-electron chi connectivity index (χ3n) is 4.23. The van der Waals surface area contributed by atoms with Gasteiger partial charge in [-0.3, -0.25) is 0 Å². The third kappa shape index (κ3) is 4.09. The minimum atomic E-state index is -1.19. The summed E-state index contributed by atoms with van der Waals surface area (Å²) in [5, 5.41) is 27.6. The molecule has 0 spiro atoms. The number of carboxylic acids is 1. The molecule has 1 fully saturated rings. The largest absolute Gasteiger partial charge is 0.480 e.